The molecular formula is C21H25NO. The number of anilines is 1. The second-order valence-corrected chi connectivity index (χ2v) is 5.25. The lowest BCUT2D eigenvalue weighted by Crippen LogP contribution is -2.22. The van der Waals surface area contributed by atoms with Crippen molar-refractivity contribution in [3.05, 3.63) is 72.3 Å². The van der Waals surface area contributed by atoms with E-state index in [1.54, 1.807) is 0 Å². The molecule has 2 aromatic rings. The van der Waals surface area contributed by atoms with Gasteiger partial charge >= 0.3 is 0 Å². The van der Waals surface area contributed by atoms with Gasteiger partial charge in [0.25, 0.3) is 0 Å². The summed E-state index contributed by atoms with van der Waals surface area (Å²) in [6.07, 6.45) is 6.18. The summed E-state index contributed by atoms with van der Waals surface area (Å²) in [5.74, 6) is 0.913. The van der Waals surface area contributed by atoms with Crippen molar-refractivity contribution in [2.45, 2.75) is 13.8 Å². The Bertz CT molecular complexity index is 626. The van der Waals surface area contributed by atoms with Crippen molar-refractivity contribution >= 4 is 17.8 Å². The van der Waals surface area contributed by atoms with Crippen LogP contribution in [0.2, 0.25) is 0 Å². The van der Waals surface area contributed by atoms with Crippen LogP contribution >= 0.6 is 0 Å². The molecule has 0 unspecified atom stereocenters. The molecule has 2 aromatic carbocycles. The van der Waals surface area contributed by atoms with E-state index in [0.717, 1.165) is 18.8 Å². The summed E-state index contributed by atoms with van der Waals surface area (Å²) in [7, 11) is 0. The molecule has 0 N–H and O–H groups in total. The summed E-state index contributed by atoms with van der Waals surface area (Å²) >= 11 is 0. The molecule has 0 saturated heterocycles. The van der Waals surface area contributed by atoms with Gasteiger partial charge in [-0.15, -0.1) is 6.58 Å². The minimum atomic E-state index is 0.697. The van der Waals surface area contributed by atoms with E-state index in [1.807, 2.05) is 25.1 Å². The maximum atomic E-state index is 5.45. The Kier molecular flexibility index (Phi) is 6.49. The topological polar surface area (TPSA) is 12.5 Å². The van der Waals surface area contributed by atoms with E-state index in [0.29, 0.717) is 6.61 Å². The predicted molar refractivity (Wildman–Crippen MR) is 101 cm³/mol. The van der Waals surface area contributed by atoms with Gasteiger partial charge in [-0.3, -0.25) is 0 Å². The first kappa shape index (κ1) is 16.9. The molecule has 0 fully saturated rings. The number of rotatable bonds is 8. The zero-order valence-corrected chi connectivity index (χ0v) is 14.0. The van der Waals surface area contributed by atoms with Crippen molar-refractivity contribution in [3.8, 4) is 5.75 Å². The maximum Gasteiger partial charge on any atom is 0.119 e. The highest BCUT2D eigenvalue weighted by Crippen LogP contribution is 2.18. The van der Waals surface area contributed by atoms with E-state index in [4.69, 9.17) is 4.74 Å². The molecule has 0 aliphatic heterocycles. The second-order valence-electron chi connectivity index (χ2n) is 5.25. The lowest BCUT2D eigenvalue weighted by molar-refractivity contribution is 0.340. The maximum absolute atomic E-state index is 5.45. The van der Waals surface area contributed by atoms with Gasteiger partial charge in [-0.05, 0) is 49.2 Å². The third-order valence-electron chi connectivity index (χ3n) is 3.65. The van der Waals surface area contributed by atoms with Gasteiger partial charge in [-0.1, -0.05) is 42.5 Å². The van der Waals surface area contributed by atoms with E-state index < -0.39 is 0 Å². The van der Waals surface area contributed by atoms with Crippen LogP contribution in [0.1, 0.15) is 25.0 Å². The van der Waals surface area contributed by atoms with Gasteiger partial charge in [0.15, 0.2) is 0 Å². The number of likely N-dealkylation sites (N-methyl/N-ethyl adjacent to an activating group) is 1. The van der Waals surface area contributed by atoms with Crippen molar-refractivity contribution in [1.82, 2.24) is 0 Å². The molecule has 0 atom stereocenters. The number of ether oxygens (including phenoxy) is 1. The Morgan fingerprint density at radius 3 is 1.96 bits per heavy atom. The Balaban J connectivity index is 2.03. The van der Waals surface area contributed by atoms with Crippen LogP contribution in [-0.2, 0) is 0 Å². The lowest BCUT2D eigenvalue weighted by atomic mass is 10.1. The molecule has 0 aliphatic rings. The predicted octanol–water partition coefficient (Wildman–Crippen LogP) is 5.27. The Hall–Kier alpha value is -2.48. The largest absolute Gasteiger partial charge is 0.494 e. The van der Waals surface area contributed by atoms with E-state index in [1.165, 1.54) is 16.8 Å². The molecule has 2 rings (SSSR count). The number of benzene rings is 2. The summed E-state index contributed by atoms with van der Waals surface area (Å²) in [6.45, 7) is 10.5. The first-order chi connectivity index (χ1) is 11.3. The summed E-state index contributed by atoms with van der Waals surface area (Å²) in [6, 6.07) is 16.7. The fourth-order valence-electron chi connectivity index (χ4n) is 2.40. The standard InChI is InChI=1S/C21H25NO/c1-4-17-22(5-2)20-13-9-18(10-14-20)7-8-19-11-15-21(16-12-19)23-6-3/h4,7-16H,1,5-6,17H2,2-3H3. The zero-order valence-electron chi connectivity index (χ0n) is 14.0. The van der Waals surface area contributed by atoms with E-state index in [2.05, 4.69) is 67.0 Å². The molecule has 0 heterocycles. The molecular weight excluding hydrogens is 282 g/mol. The van der Waals surface area contributed by atoms with Crippen LogP contribution in [0.5, 0.6) is 5.75 Å². The van der Waals surface area contributed by atoms with Crippen molar-refractivity contribution in [1.29, 1.82) is 0 Å². The van der Waals surface area contributed by atoms with Crippen LogP contribution in [-0.4, -0.2) is 19.7 Å². The zero-order chi connectivity index (χ0) is 16.5. The minimum Gasteiger partial charge on any atom is -0.494 e. The summed E-state index contributed by atoms with van der Waals surface area (Å²) < 4.78 is 5.45. The Morgan fingerprint density at radius 2 is 1.48 bits per heavy atom. The van der Waals surface area contributed by atoms with Gasteiger partial charge < -0.3 is 9.64 Å². The van der Waals surface area contributed by atoms with Crippen molar-refractivity contribution < 1.29 is 4.74 Å². The SMILES string of the molecule is C=CCN(CC)c1ccc(C=Cc2ccc(OCC)cc2)cc1. The van der Waals surface area contributed by atoms with Gasteiger partial charge in [0, 0.05) is 18.8 Å². The van der Waals surface area contributed by atoms with Gasteiger partial charge in [0.05, 0.1) is 6.61 Å². The first-order valence-electron chi connectivity index (χ1n) is 8.13. The minimum absolute atomic E-state index is 0.697. The summed E-state index contributed by atoms with van der Waals surface area (Å²) in [5, 5.41) is 0. The third kappa shape index (κ3) is 5.03. The highest BCUT2D eigenvalue weighted by Gasteiger charge is 2.01. The fraction of sp³-hybridized carbons (Fsp3) is 0.238. The van der Waals surface area contributed by atoms with Crippen molar-refractivity contribution in [2.24, 2.45) is 0 Å². The van der Waals surface area contributed by atoms with Crippen molar-refractivity contribution in [3.63, 3.8) is 0 Å². The molecule has 0 aliphatic carbocycles. The Labute approximate surface area is 139 Å². The smallest absolute Gasteiger partial charge is 0.119 e. The van der Waals surface area contributed by atoms with Crippen LogP contribution < -0.4 is 9.64 Å². The molecule has 0 aromatic heterocycles. The van der Waals surface area contributed by atoms with Crippen LogP contribution in [0.3, 0.4) is 0 Å². The number of hydrogen-bond donors (Lipinski definition) is 0. The first-order valence-corrected chi connectivity index (χ1v) is 8.13. The highest BCUT2D eigenvalue weighted by molar-refractivity contribution is 5.70. The van der Waals surface area contributed by atoms with Crippen LogP contribution in [0.25, 0.3) is 12.2 Å². The summed E-state index contributed by atoms with van der Waals surface area (Å²) in [5.41, 5.74) is 3.59. The number of hydrogen-bond acceptors (Lipinski definition) is 2. The van der Waals surface area contributed by atoms with Crippen LogP contribution in [0, 0.1) is 0 Å². The molecule has 0 spiro atoms. The molecule has 2 nitrogen and oxygen atoms in total. The van der Waals surface area contributed by atoms with Gasteiger partial charge in [-0.2, -0.15) is 0 Å². The molecule has 120 valence electrons. The lowest BCUT2D eigenvalue weighted by Gasteiger charge is -2.21. The van der Waals surface area contributed by atoms with Crippen LogP contribution in [0.15, 0.2) is 61.2 Å². The monoisotopic (exact) mass is 307 g/mol. The molecule has 0 amide bonds. The molecule has 23 heavy (non-hydrogen) atoms. The van der Waals surface area contributed by atoms with Crippen LogP contribution in [0.4, 0.5) is 5.69 Å². The number of nitrogens with zero attached hydrogens (tertiary/aromatic N) is 1. The highest BCUT2D eigenvalue weighted by atomic mass is 16.5. The Morgan fingerprint density at radius 1 is 0.913 bits per heavy atom. The molecule has 2 heteroatoms. The second kappa shape index (κ2) is 8.84. The van der Waals surface area contributed by atoms with E-state index >= 15 is 0 Å². The summed E-state index contributed by atoms with van der Waals surface area (Å²) in [4.78, 5) is 2.28. The van der Waals surface area contributed by atoms with Gasteiger partial charge in [0.2, 0.25) is 0 Å². The normalized spacial score (nSPS) is 10.7. The van der Waals surface area contributed by atoms with Gasteiger partial charge in [-0.25, -0.2) is 0 Å². The molecule has 0 bridgehead atoms. The average Bonchev–Trinajstić information content (AvgIpc) is 2.60. The van der Waals surface area contributed by atoms with E-state index in [9.17, 15) is 0 Å². The average molecular weight is 307 g/mol. The fourth-order valence-corrected chi connectivity index (χ4v) is 2.40. The molecule has 0 saturated carbocycles. The quantitative estimate of drug-likeness (QED) is 0.487. The third-order valence-corrected chi connectivity index (χ3v) is 3.65. The molecule has 0 radical (unpaired) electrons. The van der Waals surface area contributed by atoms with Gasteiger partial charge in [0.1, 0.15) is 5.75 Å². The van der Waals surface area contributed by atoms with Crippen molar-refractivity contribution in [2.75, 3.05) is 24.6 Å². The van der Waals surface area contributed by atoms with E-state index in [-0.39, 0.29) is 0 Å².